The summed E-state index contributed by atoms with van der Waals surface area (Å²) in [7, 11) is 0. The molecule has 12 nitrogen and oxygen atoms in total. The Balaban J connectivity index is 0.000000222. The molecular weight excluding hydrogens is 845 g/mol. The second-order valence-corrected chi connectivity index (χ2v) is 13.8. The molecule has 320 valence electrons. The number of anilines is 1. The normalized spacial score (nSPS) is 15.1. The van der Waals surface area contributed by atoms with Crippen molar-refractivity contribution < 1.29 is 56.4 Å². The van der Waals surface area contributed by atoms with Gasteiger partial charge in [0.2, 0.25) is 6.08 Å². The van der Waals surface area contributed by atoms with Gasteiger partial charge in [-0.05, 0) is 91.2 Å². The summed E-state index contributed by atoms with van der Waals surface area (Å²) < 4.78 is 73.8. The maximum atomic E-state index is 12.6. The predicted octanol–water partition coefficient (Wildman–Crippen LogP) is 7.91. The fourth-order valence-electron chi connectivity index (χ4n) is 5.58. The molecule has 4 heterocycles. The molecule has 0 fully saturated rings. The molecule has 0 spiro atoms. The van der Waals surface area contributed by atoms with E-state index in [2.05, 4.69) is 31.7 Å². The SMILES string of the molecule is O=C(Nc1ccc(C(F)(F)F)cc1)N1CC=C(c2ncc([C@H](O)CO)cc2Cl)CC1.O=C=Nc1ccc(C(F)(F)F)cc1.OC[C@@H](O)c1cnc(C2=CCNCC2)c(Cl)c1. The van der Waals surface area contributed by atoms with Gasteiger partial charge in [-0.3, -0.25) is 9.97 Å². The van der Waals surface area contributed by atoms with Crippen LogP contribution in [0.15, 0.2) is 90.2 Å². The van der Waals surface area contributed by atoms with Crippen molar-refractivity contribution >= 4 is 57.8 Å². The lowest BCUT2D eigenvalue weighted by atomic mass is 10.0. The van der Waals surface area contributed by atoms with Crippen molar-refractivity contribution in [2.45, 2.75) is 37.4 Å². The van der Waals surface area contributed by atoms with Crippen LogP contribution in [0.25, 0.3) is 11.1 Å². The fourth-order valence-corrected chi connectivity index (χ4v) is 6.17. The van der Waals surface area contributed by atoms with Gasteiger partial charge in [0.25, 0.3) is 0 Å². The molecule has 0 saturated heterocycles. The number of nitrogens with one attached hydrogen (secondary N) is 2. The number of isocyanates is 1. The lowest BCUT2D eigenvalue weighted by Gasteiger charge is -2.27. The van der Waals surface area contributed by atoms with Crippen LogP contribution in [0.4, 0.5) is 42.5 Å². The van der Waals surface area contributed by atoms with Crippen molar-refractivity contribution in [3.63, 3.8) is 0 Å². The van der Waals surface area contributed by atoms with Crippen molar-refractivity contribution in [1.29, 1.82) is 0 Å². The third-order valence-corrected chi connectivity index (χ3v) is 9.42. The number of alkyl halides is 6. The van der Waals surface area contributed by atoms with Crippen LogP contribution < -0.4 is 10.6 Å². The van der Waals surface area contributed by atoms with Crippen LogP contribution in [0, 0.1) is 0 Å². The van der Waals surface area contributed by atoms with E-state index in [1.807, 2.05) is 0 Å². The first-order chi connectivity index (χ1) is 28.4. The maximum absolute atomic E-state index is 12.6. The van der Waals surface area contributed by atoms with Gasteiger partial charge in [-0.25, -0.2) is 9.59 Å². The average molecular weight is 884 g/mol. The topological polar surface area (TPSA) is 181 Å². The van der Waals surface area contributed by atoms with Crippen LogP contribution in [0.3, 0.4) is 0 Å². The van der Waals surface area contributed by atoms with E-state index < -0.39 is 48.3 Å². The second-order valence-electron chi connectivity index (χ2n) is 13.0. The minimum atomic E-state index is -4.43. The zero-order chi connectivity index (χ0) is 44.0. The summed E-state index contributed by atoms with van der Waals surface area (Å²) >= 11 is 12.4. The summed E-state index contributed by atoms with van der Waals surface area (Å²) in [5.41, 5.74) is 3.08. The zero-order valence-electron chi connectivity index (χ0n) is 31.3. The van der Waals surface area contributed by atoms with Crippen LogP contribution in [-0.2, 0) is 17.1 Å². The molecule has 6 rings (SSSR count). The molecule has 0 unspecified atom stereocenters. The third kappa shape index (κ3) is 13.7. The summed E-state index contributed by atoms with van der Waals surface area (Å²) in [6, 6.07) is 10.9. The van der Waals surface area contributed by atoms with Gasteiger partial charge >= 0.3 is 18.4 Å². The number of hydrogen-bond acceptors (Lipinski definition) is 10. The standard InChI is InChI=1S/C20H19ClF3N3O3.C12H15ClN2O2.C8H4F3NO/c21-16-9-13(17(29)11-28)10-25-18(16)12-5-7-27(8-6-12)19(30)26-15-3-1-14(2-4-15)20(22,23)24;13-10-5-9(11(17)7-16)6-15-12(10)8-1-3-14-4-2-8;9-8(10,11)6-1-3-7(4-2-6)12-5-13/h1-5,9-10,17,28-29H,6-8,11H2,(H,26,30);1,5-6,11,14,16-17H,2-4,7H2;1-4H/t17-;11-;/m11./s1. The monoisotopic (exact) mass is 882 g/mol. The summed E-state index contributed by atoms with van der Waals surface area (Å²) in [4.78, 5) is 35.3. The highest BCUT2D eigenvalue weighted by atomic mass is 35.5. The number of aliphatic hydroxyl groups is 4. The Morgan fingerprint density at radius 2 is 1.32 bits per heavy atom. The molecule has 2 aromatic heterocycles. The largest absolute Gasteiger partial charge is 0.416 e. The van der Waals surface area contributed by atoms with Crippen molar-refractivity contribution in [2.24, 2.45) is 4.99 Å². The van der Waals surface area contributed by atoms with Gasteiger partial charge in [-0.2, -0.15) is 31.3 Å². The van der Waals surface area contributed by atoms with Gasteiger partial charge in [0.1, 0.15) is 12.2 Å². The maximum Gasteiger partial charge on any atom is 0.416 e. The summed E-state index contributed by atoms with van der Waals surface area (Å²) in [6.07, 6.45) is -1.29. The van der Waals surface area contributed by atoms with Gasteiger partial charge in [-0.15, -0.1) is 0 Å². The van der Waals surface area contributed by atoms with Gasteiger partial charge in [-0.1, -0.05) is 35.4 Å². The van der Waals surface area contributed by atoms with Crippen LogP contribution in [0.5, 0.6) is 0 Å². The number of nitrogens with zero attached hydrogens (tertiary/aromatic N) is 4. The van der Waals surface area contributed by atoms with Gasteiger partial charge in [0.05, 0.1) is 51.5 Å². The highest BCUT2D eigenvalue weighted by Gasteiger charge is 2.31. The highest BCUT2D eigenvalue weighted by Crippen LogP contribution is 2.33. The number of aromatic nitrogens is 2. The van der Waals surface area contributed by atoms with Gasteiger partial charge in [0.15, 0.2) is 0 Å². The van der Waals surface area contributed by atoms with E-state index >= 15 is 0 Å². The first kappa shape index (κ1) is 47.5. The molecule has 2 aromatic carbocycles. The number of benzene rings is 2. The number of aliphatic imine (C=N–C) groups is 1. The summed E-state index contributed by atoms with van der Waals surface area (Å²) in [6.45, 7) is 1.63. The molecule has 0 radical (unpaired) electrons. The first-order valence-corrected chi connectivity index (χ1v) is 18.7. The van der Waals surface area contributed by atoms with E-state index in [4.69, 9.17) is 33.4 Å². The van der Waals surface area contributed by atoms with Crippen molar-refractivity contribution in [2.75, 3.05) is 44.7 Å². The third-order valence-electron chi connectivity index (χ3n) is 8.84. The van der Waals surface area contributed by atoms with Crippen LogP contribution in [-0.4, -0.2) is 86.8 Å². The minimum Gasteiger partial charge on any atom is -0.393 e. The van der Waals surface area contributed by atoms with Crippen molar-refractivity contribution in [3.05, 3.63) is 129 Å². The number of rotatable bonds is 8. The van der Waals surface area contributed by atoms with E-state index in [1.165, 1.54) is 35.4 Å². The fraction of sp³-hybridized carbons (Fsp3) is 0.300. The average Bonchev–Trinajstić information content (AvgIpc) is 3.23. The molecule has 60 heavy (non-hydrogen) atoms. The molecule has 2 aliphatic rings. The number of carbonyl (C=O) groups is 1. The number of pyridine rings is 2. The first-order valence-electron chi connectivity index (χ1n) is 17.9. The molecule has 2 aliphatic heterocycles. The van der Waals surface area contributed by atoms with Gasteiger partial charge < -0.3 is 36.0 Å². The predicted molar refractivity (Wildman–Crippen MR) is 212 cm³/mol. The molecule has 0 saturated carbocycles. The summed E-state index contributed by atoms with van der Waals surface area (Å²) in [5, 5.41) is 43.6. The van der Waals surface area contributed by atoms with Crippen molar-refractivity contribution in [3.8, 4) is 0 Å². The molecular formula is C40H38Cl2F6N6O6. The van der Waals surface area contributed by atoms with Crippen LogP contribution in [0.2, 0.25) is 10.0 Å². The Hall–Kier alpha value is -5.17. The van der Waals surface area contributed by atoms with E-state index in [0.717, 1.165) is 72.7 Å². The number of hydrogen-bond donors (Lipinski definition) is 6. The Labute approximate surface area is 349 Å². The highest BCUT2D eigenvalue weighted by molar-refractivity contribution is 6.32. The minimum absolute atomic E-state index is 0.156. The Morgan fingerprint density at radius 1 is 0.817 bits per heavy atom. The summed E-state index contributed by atoms with van der Waals surface area (Å²) in [5.74, 6) is 0. The number of aliphatic hydroxyl groups excluding tert-OH is 4. The molecule has 20 heteroatoms. The van der Waals surface area contributed by atoms with E-state index in [-0.39, 0.29) is 24.5 Å². The Kier molecular flexibility index (Phi) is 17.3. The van der Waals surface area contributed by atoms with Crippen LogP contribution in [0.1, 0.15) is 58.7 Å². The lowest BCUT2D eigenvalue weighted by molar-refractivity contribution is -0.138. The number of halogens is 8. The van der Waals surface area contributed by atoms with E-state index in [0.29, 0.717) is 39.8 Å². The van der Waals surface area contributed by atoms with E-state index in [9.17, 15) is 46.1 Å². The molecule has 0 bridgehead atoms. The smallest absolute Gasteiger partial charge is 0.393 e. The van der Waals surface area contributed by atoms with Gasteiger partial charge in [0, 0.05) is 48.8 Å². The van der Waals surface area contributed by atoms with E-state index in [1.54, 1.807) is 18.3 Å². The number of urea groups is 1. The molecule has 2 amide bonds. The number of carbonyl (C=O) groups excluding carboxylic acids is 2. The Morgan fingerprint density at radius 3 is 1.72 bits per heavy atom. The molecule has 2 atom stereocenters. The Bertz CT molecular complexity index is 2180. The lowest BCUT2D eigenvalue weighted by Crippen LogP contribution is -2.38. The zero-order valence-corrected chi connectivity index (χ0v) is 32.8. The van der Waals surface area contributed by atoms with Crippen molar-refractivity contribution in [1.82, 2.24) is 20.2 Å². The number of amides is 2. The molecule has 0 aliphatic carbocycles. The second kappa shape index (κ2) is 21.9. The quantitative estimate of drug-likeness (QED) is 0.0583. The van der Waals surface area contributed by atoms with Crippen LogP contribution >= 0.6 is 23.2 Å². The molecule has 6 N–H and O–H groups in total. The molecule has 4 aromatic rings.